The molecule has 4 rings (SSSR count). The van der Waals surface area contributed by atoms with Gasteiger partial charge in [-0.15, -0.1) is 10.2 Å². The molecule has 7 nitrogen and oxygen atoms in total. The molecule has 0 bridgehead atoms. The smallest absolute Gasteiger partial charge is 0.321 e. The Kier molecular flexibility index (Phi) is 7.21. The highest BCUT2D eigenvalue weighted by Gasteiger charge is 2.24. The summed E-state index contributed by atoms with van der Waals surface area (Å²) in [7, 11) is 0. The van der Waals surface area contributed by atoms with Gasteiger partial charge in [-0.1, -0.05) is 73.1 Å². The summed E-state index contributed by atoms with van der Waals surface area (Å²) in [5, 5.41) is 14.2. The maximum atomic E-state index is 12.6. The molecule has 1 aromatic heterocycles. The van der Waals surface area contributed by atoms with Crippen LogP contribution in [-0.2, 0) is 11.2 Å². The van der Waals surface area contributed by atoms with E-state index in [1.54, 1.807) is 6.92 Å². The first-order valence-corrected chi connectivity index (χ1v) is 11.8. The van der Waals surface area contributed by atoms with Crippen LogP contribution in [0.4, 0.5) is 4.79 Å². The maximum Gasteiger partial charge on any atom is 0.321 e. The van der Waals surface area contributed by atoms with E-state index in [0.29, 0.717) is 11.6 Å². The van der Waals surface area contributed by atoms with Gasteiger partial charge in [-0.2, -0.15) is 0 Å². The molecule has 8 heteroatoms. The van der Waals surface area contributed by atoms with E-state index >= 15 is 0 Å². The van der Waals surface area contributed by atoms with Crippen molar-refractivity contribution in [3.8, 4) is 5.69 Å². The summed E-state index contributed by atoms with van der Waals surface area (Å²) >= 11 is 1.29. The van der Waals surface area contributed by atoms with Crippen LogP contribution in [0.3, 0.4) is 0 Å². The molecule has 32 heavy (non-hydrogen) atoms. The van der Waals surface area contributed by atoms with E-state index in [9.17, 15) is 9.59 Å². The normalized spacial score (nSPS) is 14.8. The average Bonchev–Trinajstić information content (AvgIpc) is 3.45. The number of aromatic nitrogens is 3. The number of hydrogen-bond acceptors (Lipinski definition) is 5. The summed E-state index contributed by atoms with van der Waals surface area (Å²) in [6.45, 7) is 1.77. The molecule has 1 fully saturated rings. The monoisotopic (exact) mass is 449 g/mol. The van der Waals surface area contributed by atoms with Crippen molar-refractivity contribution in [2.75, 3.05) is 0 Å². The van der Waals surface area contributed by atoms with Gasteiger partial charge >= 0.3 is 6.03 Å². The first kappa shape index (κ1) is 22.1. The molecule has 0 radical (unpaired) electrons. The van der Waals surface area contributed by atoms with Crippen LogP contribution in [0.15, 0.2) is 65.8 Å². The number of carbonyl (C=O) groups is 2. The lowest BCUT2D eigenvalue weighted by atomic mass is 10.1. The van der Waals surface area contributed by atoms with Gasteiger partial charge in [-0.25, -0.2) is 4.79 Å². The number of benzene rings is 2. The first-order valence-electron chi connectivity index (χ1n) is 10.9. The number of nitrogens with one attached hydrogen (secondary N) is 2. The Hall–Kier alpha value is -3.13. The summed E-state index contributed by atoms with van der Waals surface area (Å²) in [6, 6.07) is 19.7. The minimum atomic E-state index is -0.513. The Morgan fingerprint density at radius 1 is 1.03 bits per heavy atom. The van der Waals surface area contributed by atoms with Crippen molar-refractivity contribution in [2.24, 2.45) is 0 Å². The van der Waals surface area contributed by atoms with Gasteiger partial charge in [-0.3, -0.25) is 14.7 Å². The van der Waals surface area contributed by atoms with E-state index in [4.69, 9.17) is 0 Å². The Bertz CT molecular complexity index is 1050. The third kappa shape index (κ3) is 5.56. The highest BCUT2D eigenvalue weighted by atomic mass is 32.2. The lowest BCUT2D eigenvalue weighted by Crippen LogP contribution is -2.45. The highest BCUT2D eigenvalue weighted by Crippen LogP contribution is 2.27. The molecule has 0 aliphatic heterocycles. The second-order valence-electron chi connectivity index (χ2n) is 7.94. The van der Waals surface area contributed by atoms with Gasteiger partial charge in [0.15, 0.2) is 5.16 Å². The molecule has 1 aliphatic rings. The summed E-state index contributed by atoms with van der Waals surface area (Å²) in [6.07, 6.45) is 4.79. The predicted octanol–water partition coefficient (Wildman–Crippen LogP) is 4.11. The van der Waals surface area contributed by atoms with Crippen LogP contribution < -0.4 is 10.6 Å². The molecule has 1 atom stereocenters. The van der Waals surface area contributed by atoms with Crippen LogP contribution >= 0.6 is 11.8 Å². The Morgan fingerprint density at radius 3 is 2.38 bits per heavy atom. The van der Waals surface area contributed by atoms with Crippen LogP contribution in [0.5, 0.6) is 0 Å². The molecule has 3 amide bonds. The molecule has 0 spiro atoms. The fourth-order valence-electron chi connectivity index (χ4n) is 3.82. The fraction of sp³-hybridized carbons (Fsp3) is 0.333. The van der Waals surface area contributed by atoms with Gasteiger partial charge in [0.05, 0.1) is 5.25 Å². The number of imide groups is 1. The van der Waals surface area contributed by atoms with E-state index < -0.39 is 11.3 Å². The molecule has 1 unspecified atom stereocenters. The molecule has 1 saturated carbocycles. The summed E-state index contributed by atoms with van der Waals surface area (Å²) < 4.78 is 1.97. The quantitative estimate of drug-likeness (QED) is 0.530. The predicted molar refractivity (Wildman–Crippen MR) is 125 cm³/mol. The van der Waals surface area contributed by atoms with Gasteiger partial charge < -0.3 is 5.32 Å². The molecule has 0 saturated heterocycles. The van der Waals surface area contributed by atoms with E-state index in [0.717, 1.165) is 42.8 Å². The zero-order valence-electron chi connectivity index (χ0n) is 18.0. The summed E-state index contributed by atoms with van der Waals surface area (Å²) in [4.78, 5) is 24.8. The minimum Gasteiger partial charge on any atom is -0.335 e. The number of thioether (sulfide) groups is 1. The number of urea groups is 1. The molecular weight excluding hydrogens is 422 g/mol. The maximum absolute atomic E-state index is 12.6. The van der Waals surface area contributed by atoms with Gasteiger partial charge in [-0.05, 0) is 37.5 Å². The molecular formula is C24H27N5O2S. The van der Waals surface area contributed by atoms with Gasteiger partial charge in [0.25, 0.3) is 0 Å². The SMILES string of the molecule is CC(Sc1nnc(Cc2ccccc2)n1-c1ccccc1)C(=O)NC(=O)NC1CCCC1. The zero-order valence-corrected chi connectivity index (χ0v) is 18.8. The van der Waals surface area contributed by atoms with Crippen molar-refractivity contribution in [3.63, 3.8) is 0 Å². The standard InChI is InChI=1S/C24H27N5O2S/c1-17(22(30)26-23(31)25-19-12-8-9-13-19)32-24-28-27-21(16-18-10-4-2-5-11-18)29(24)20-14-6-3-7-15-20/h2-7,10-11,14-15,17,19H,8-9,12-13,16H2,1H3,(H2,25,26,30,31). The lowest BCUT2D eigenvalue weighted by Gasteiger charge is -2.15. The van der Waals surface area contributed by atoms with Crippen molar-refractivity contribution < 1.29 is 9.59 Å². The second-order valence-corrected chi connectivity index (χ2v) is 9.24. The van der Waals surface area contributed by atoms with Crippen LogP contribution in [0.2, 0.25) is 0 Å². The van der Waals surface area contributed by atoms with Crippen molar-refractivity contribution in [1.82, 2.24) is 25.4 Å². The van der Waals surface area contributed by atoms with Crippen LogP contribution in [0.1, 0.15) is 44.0 Å². The third-order valence-electron chi connectivity index (χ3n) is 5.50. The van der Waals surface area contributed by atoms with Crippen LogP contribution in [-0.4, -0.2) is 38.0 Å². The Balaban J connectivity index is 1.48. The molecule has 1 heterocycles. The number of nitrogens with zero attached hydrogens (tertiary/aromatic N) is 3. The van der Waals surface area contributed by atoms with Gasteiger partial charge in [0, 0.05) is 18.2 Å². The van der Waals surface area contributed by atoms with E-state index in [1.165, 1.54) is 11.8 Å². The van der Waals surface area contributed by atoms with Gasteiger partial charge in [0.1, 0.15) is 5.82 Å². The fourth-order valence-corrected chi connectivity index (χ4v) is 4.71. The van der Waals surface area contributed by atoms with Crippen molar-refractivity contribution >= 4 is 23.7 Å². The van der Waals surface area contributed by atoms with Crippen LogP contribution in [0.25, 0.3) is 5.69 Å². The van der Waals surface area contributed by atoms with E-state index in [1.807, 2.05) is 53.1 Å². The second kappa shape index (κ2) is 10.5. The zero-order chi connectivity index (χ0) is 22.3. The topological polar surface area (TPSA) is 88.9 Å². The van der Waals surface area contributed by atoms with Crippen LogP contribution in [0, 0.1) is 0 Å². The lowest BCUT2D eigenvalue weighted by molar-refractivity contribution is -0.119. The number of carbonyl (C=O) groups excluding carboxylic acids is 2. The number of hydrogen-bond donors (Lipinski definition) is 2. The molecule has 166 valence electrons. The van der Waals surface area contributed by atoms with Crippen molar-refractivity contribution in [2.45, 2.75) is 55.5 Å². The largest absolute Gasteiger partial charge is 0.335 e. The molecule has 3 aromatic rings. The van der Waals surface area contributed by atoms with Gasteiger partial charge in [0.2, 0.25) is 5.91 Å². The molecule has 1 aliphatic carbocycles. The Morgan fingerprint density at radius 2 is 1.69 bits per heavy atom. The average molecular weight is 450 g/mol. The number of para-hydroxylation sites is 1. The summed E-state index contributed by atoms with van der Waals surface area (Å²) in [5.74, 6) is 0.439. The Labute approximate surface area is 192 Å². The highest BCUT2D eigenvalue weighted by molar-refractivity contribution is 8.00. The minimum absolute atomic E-state index is 0.160. The number of amides is 3. The third-order valence-corrected chi connectivity index (χ3v) is 6.54. The van der Waals surface area contributed by atoms with E-state index in [2.05, 4.69) is 33.0 Å². The summed E-state index contributed by atoms with van der Waals surface area (Å²) in [5.41, 5.74) is 2.06. The van der Waals surface area contributed by atoms with Crippen molar-refractivity contribution in [1.29, 1.82) is 0 Å². The van der Waals surface area contributed by atoms with E-state index in [-0.39, 0.29) is 11.9 Å². The molecule has 2 aromatic carbocycles. The van der Waals surface area contributed by atoms with Crippen molar-refractivity contribution in [3.05, 3.63) is 72.1 Å². The molecule has 2 N–H and O–H groups in total. The number of rotatable bonds is 7. The first-order chi connectivity index (χ1) is 15.6.